The summed E-state index contributed by atoms with van der Waals surface area (Å²) >= 11 is 0. The summed E-state index contributed by atoms with van der Waals surface area (Å²) in [6.45, 7) is 0.453. The van der Waals surface area contributed by atoms with Gasteiger partial charge in [-0.25, -0.2) is 13.2 Å². The fourth-order valence-corrected chi connectivity index (χ4v) is 4.13. The second-order valence-electron chi connectivity index (χ2n) is 6.12. The van der Waals surface area contributed by atoms with E-state index in [1.807, 2.05) is 0 Å². The van der Waals surface area contributed by atoms with Gasteiger partial charge in [0.1, 0.15) is 0 Å². The maximum atomic E-state index is 13.1. The second-order valence-corrected chi connectivity index (χ2v) is 8.11. The average molecular weight is 373 g/mol. The van der Waals surface area contributed by atoms with E-state index >= 15 is 0 Å². The Bertz CT molecular complexity index is 981. The first-order chi connectivity index (χ1) is 12.3. The van der Waals surface area contributed by atoms with Crippen LogP contribution in [0.2, 0.25) is 0 Å². The number of methoxy groups -OCH3 is 1. The van der Waals surface area contributed by atoms with Crippen LogP contribution in [0.15, 0.2) is 47.4 Å². The number of anilines is 1. The molecule has 7 heteroatoms. The van der Waals surface area contributed by atoms with Gasteiger partial charge >= 0.3 is 5.97 Å². The molecule has 0 unspecified atom stereocenters. The van der Waals surface area contributed by atoms with Crippen LogP contribution in [0.3, 0.4) is 0 Å². The van der Waals surface area contributed by atoms with Crippen molar-refractivity contribution in [2.45, 2.75) is 17.7 Å². The lowest BCUT2D eigenvalue weighted by molar-refractivity contribution is 0.0599. The molecule has 0 fully saturated rings. The minimum absolute atomic E-state index is 0.00115. The molecule has 0 saturated carbocycles. The Labute approximate surface area is 152 Å². The lowest BCUT2D eigenvalue weighted by Gasteiger charge is -2.31. The van der Waals surface area contributed by atoms with Crippen molar-refractivity contribution in [1.82, 2.24) is 0 Å². The van der Waals surface area contributed by atoms with Gasteiger partial charge in [0.2, 0.25) is 0 Å². The molecule has 0 spiro atoms. The van der Waals surface area contributed by atoms with Crippen molar-refractivity contribution in [2.24, 2.45) is 0 Å². The van der Waals surface area contributed by atoms with Gasteiger partial charge in [-0.05, 0) is 42.7 Å². The fraction of sp³-hybridized carbons (Fsp3) is 0.263. The Morgan fingerprint density at radius 3 is 2.42 bits per heavy atom. The molecule has 136 valence electrons. The lowest BCUT2D eigenvalue weighted by atomic mass is 9.95. The van der Waals surface area contributed by atoms with E-state index in [4.69, 9.17) is 4.74 Å². The van der Waals surface area contributed by atoms with Crippen molar-refractivity contribution >= 4 is 27.4 Å². The monoisotopic (exact) mass is 373 g/mol. The summed E-state index contributed by atoms with van der Waals surface area (Å²) in [4.78, 5) is 26.7. The van der Waals surface area contributed by atoms with E-state index in [0.29, 0.717) is 30.6 Å². The van der Waals surface area contributed by atoms with Gasteiger partial charge in [0.25, 0.3) is 5.91 Å². The molecule has 0 bridgehead atoms. The SMILES string of the molecule is COC(=O)c1cccc2c1CCCN2C(=O)c1ccccc1S(C)(=O)=O. The number of ether oxygens (including phenoxy) is 1. The normalized spacial score (nSPS) is 13.8. The van der Waals surface area contributed by atoms with Crippen molar-refractivity contribution in [2.75, 3.05) is 24.8 Å². The van der Waals surface area contributed by atoms with E-state index in [1.165, 1.54) is 24.1 Å². The first kappa shape index (κ1) is 18.1. The summed E-state index contributed by atoms with van der Waals surface area (Å²) in [6, 6.07) is 11.3. The maximum absolute atomic E-state index is 13.1. The van der Waals surface area contributed by atoms with Gasteiger partial charge in [-0.1, -0.05) is 18.2 Å². The largest absolute Gasteiger partial charge is 0.465 e. The number of hydrogen-bond donors (Lipinski definition) is 0. The summed E-state index contributed by atoms with van der Waals surface area (Å²) < 4.78 is 28.9. The molecule has 26 heavy (non-hydrogen) atoms. The van der Waals surface area contributed by atoms with Crippen LogP contribution in [0.5, 0.6) is 0 Å². The van der Waals surface area contributed by atoms with E-state index in [-0.39, 0.29) is 10.5 Å². The number of rotatable bonds is 3. The van der Waals surface area contributed by atoms with Crippen molar-refractivity contribution in [3.63, 3.8) is 0 Å². The van der Waals surface area contributed by atoms with Crippen LogP contribution in [0.4, 0.5) is 5.69 Å². The third-order valence-electron chi connectivity index (χ3n) is 4.42. The van der Waals surface area contributed by atoms with Gasteiger partial charge in [-0.3, -0.25) is 4.79 Å². The molecule has 0 aliphatic carbocycles. The standard InChI is InChI=1S/C19H19NO5S/c1-25-19(22)14-8-5-10-16-13(14)9-6-12-20(16)18(21)15-7-3-4-11-17(15)26(2,23)24/h3-5,7-8,10-11H,6,9,12H2,1-2H3. The van der Waals surface area contributed by atoms with Crippen LogP contribution in [-0.2, 0) is 21.0 Å². The molecule has 3 rings (SSSR count). The number of fused-ring (bicyclic) bond motifs is 1. The molecule has 6 nitrogen and oxygen atoms in total. The quantitative estimate of drug-likeness (QED) is 0.772. The summed E-state index contributed by atoms with van der Waals surface area (Å²) in [6.07, 6.45) is 2.41. The average Bonchev–Trinajstić information content (AvgIpc) is 2.65. The van der Waals surface area contributed by atoms with E-state index in [0.717, 1.165) is 11.8 Å². The molecule has 1 heterocycles. The number of sulfone groups is 1. The number of amides is 1. The fourth-order valence-electron chi connectivity index (χ4n) is 3.25. The lowest BCUT2D eigenvalue weighted by Crippen LogP contribution is -2.36. The van der Waals surface area contributed by atoms with Crippen molar-refractivity contribution in [3.8, 4) is 0 Å². The number of carbonyl (C=O) groups excluding carboxylic acids is 2. The summed E-state index contributed by atoms with van der Waals surface area (Å²) in [5, 5.41) is 0. The van der Waals surface area contributed by atoms with E-state index < -0.39 is 21.7 Å². The van der Waals surface area contributed by atoms with Crippen molar-refractivity contribution in [1.29, 1.82) is 0 Å². The molecule has 1 aliphatic heterocycles. The molecule has 0 atom stereocenters. The molecule has 2 aromatic rings. The smallest absolute Gasteiger partial charge is 0.338 e. The van der Waals surface area contributed by atoms with Gasteiger partial charge in [-0.15, -0.1) is 0 Å². The number of carbonyl (C=O) groups is 2. The highest BCUT2D eigenvalue weighted by Crippen LogP contribution is 2.32. The predicted molar refractivity (Wildman–Crippen MR) is 97.3 cm³/mol. The topological polar surface area (TPSA) is 80.8 Å². The van der Waals surface area contributed by atoms with Crippen LogP contribution in [-0.4, -0.2) is 40.2 Å². The predicted octanol–water partition coefficient (Wildman–Crippen LogP) is 2.47. The molecule has 0 saturated heterocycles. The van der Waals surface area contributed by atoms with Crippen LogP contribution in [0, 0.1) is 0 Å². The zero-order chi connectivity index (χ0) is 18.9. The first-order valence-corrected chi connectivity index (χ1v) is 10.0. The van der Waals surface area contributed by atoms with Gasteiger partial charge in [0.15, 0.2) is 9.84 Å². The molecule has 0 aromatic heterocycles. The van der Waals surface area contributed by atoms with Gasteiger partial charge in [0.05, 0.1) is 23.1 Å². The molecule has 1 amide bonds. The van der Waals surface area contributed by atoms with E-state index in [9.17, 15) is 18.0 Å². The first-order valence-electron chi connectivity index (χ1n) is 8.15. The third-order valence-corrected chi connectivity index (χ3v) is 5.57. The summed E-state index contributed by atoms with van der Waals surface area (Å²) in [5.74, 6) is -0.846. The highest BCUT2D eigenvalue weighted by Gasteiger charge is 2.29. The Kier molecular flexibility index (Phi) is 4.82. The molecular weight excluding hydrogens is 354 g/mol. The van der Waals surface area contributed by atoms with Crippen LogP contribution >= 0.6 is 0 Å². The van der Waals surface area contributed by atoms with Crippen molar-refractivity contribution < 1.29 is 22.7 Å². The maximum Gasteiger partial charge on any atom is 0.338 e. The minimum Gasteiger partial charge on any atom is -0.465 e. The third kappa shape index (κ3) is 3.22. The Hall–Kier alpha value is -2.67. The van der Waals surface area contributed by atoms with Gasteiger partial charge in [-0.2, -0.15) is 0 Å². The number of hydrogen-bond acceptors (Lipinski definition) is 5. The summed E-state index contributed by atoms with van der Waals surface area (Å²) in [5.41, 5.74) is 1.92. The highest BCUT2D eigenvalue weighted by atomic mass is 32.2. The summed E-state index contributed by atoms with van der Waals surface area (Å²) in [7, 11) is -2.23. The molecule has 1 aliphatic rings. The van der Waals surface area contributed by atoms with E-state index in [1.54, 1.807) is 30.3 Å². The minimum atomic E-state index is -3.54. The Morgan fingerprint density at radius 1 is 1.04 bits per heavy atom. The van der Waals surface area contributed by atoms with Crippen LogP contribution in [0.25, 0.3) is 0 Å². The van der Waals surface area contributed by atoms with E-state index in [2.05, 4.69) is 0 Å². The number of esters is 1. The Morgan fingerprint density at radius 2 is 1.73 bits per heavy atom. The second kappa shape index (κ2) is 6.92. The van der Waals surface area contributed by atoms with Crippen LogP contribution < -0.4 is 4.90 Å². The molecule has 2 aromatic carbocycles. The molecular formula is C19H19NO5S. The highest BCUT2D eigenvalue weighted by molar-refractivity contribution is 7.90. The van der Waals surface area contributed by atoms with Crippen LogP contribution in [0.1, 0.15) is 32.7 Å². The Balaban J connectivity index is 2.09. The zero-order valence-corrected chi connectivity index (χ0v) is 15.4. The van der Waals surface area contributed by atoms with Gasteiger partial charge in [0, 0.05) is 18.5 Å². The van der Waals surface area contributed by atoms with Crippen molar-refractivity contribution in [3.05, 3.63) is 59.2 Å². The zero-order valence-electron chi connectivity index (χ0n) is 14.6. The van der Waals surface area contributed by atoms with Gasteiger partial charge < -0.3 is 9.64 Å². The number of benzene rings is 2. The molecule has 0 N–H and O–H groups in total. The molecule has 0 radical (unpaired) electrons. The number of nitrogens with zero attached hydrogens (tertiary/aromatic N) is 1.